The lowest BCUT2D eigenvalue weighted by atomic mass is 10.2. The average Bonchev–Trinajstić information content (AvgIpc) is 2.06. The molecule has 0 aliphatic carbocycles. The Bertz CT molecular complexity index is 384. The lowest BCUT2D eigenvalue weighted by Gasteiger charge is -1.96. The SMILES string of the molecule is Oc1cccc2cccnc12.[B]. The number of hydrogen-bond acceptors (Lipinski definition) is 2. The van der Waals surface area contributed by atoms with E-state index in [0.29, 0.717) is 5.52 Å². The lowest BCUT2D eigenvalue weighted by Crippen LogP contribution is -1.76. The van der Waals surface area contributed by atoms with Crippen molar-refractivity contribution >= 4 is 19.3 Å². The Morgan fingerprint density at radius 2 is 1.83 bits per heavy atom. The highest BCUT2D eigenvalue weighted by Gasteiger charge is 1.96. The van der Waals surface area contributed by atoms with Crippen molar-refractivity contribution in [2.24, 2.45) is 0 Å². The highest BCUT2D eigenvalue weighted by Crippen LogP contribution is 2.20. The van der Waals surface area contributed by atoms with E-state index in [0.717, 1.165) is 5.39 Å². The predicted octanol–water partition coefficient (Wildman–Crippen LogP) is 1.56. The summed E-state index contributed by atoms with van der Waals surface area (Å²) in [5, 5.41) is 10.3. The van der Waals surface area contributed by atoms with Crippen LogP contribution in [0.4, 0.5) is 0 Å². The minimum absolute atomic E-state index is 0. The van der Waals surface area contributed by atoms with E-state index in [1.807, 2.05) is 18.2 Å². The maximum absolute atomic E-state index is 9.31. The Balaban J connectivity index is 0.000000720. The first-order valence-corrected chi connectivity index (χ1v) is 3.40. The number of aromatic hydroxyl groups is 1. The summed E-state index contributed by atoms with van der Waals surface area (Å²) >= 11 is 0. The molecule has 2 rings (SSSR count). The number of nitrogens with zero attached hydrogens (tertiary/aromatic N) is 1. The molecule has 0 aliphatic rings. The fourth-order valence-electron chi connectivity index (χ4n) is 1.09. The van der Waals surface area contributed by atoms with E-state index < -0.39 is 0 Å². The first kappa shape index (κ1) is 8.59. The number of phenols is 1. The molecule has 0 amide bonds. The fraction of sp³-hybridized carbons (Fsp3) is 0. The van der Waals surface area contributed by atoms with Crippen LogP contribution in [0.5, 0.6) is 5.75 Å². The van der Waals surface area contributed by atoms with E-state index in [-0.39, 0.29) is 14.2 Å². The summed E-state index contributed by atoms with van der Waals surface area (Å²) < 4.78 is 0. The van der Waals surface area contributed by atoms with Crippen molar-refractivity contribution in [3.8, 4) is 5.75 Å². The summed E-state index contributed by atoms with van der Waals surface area (Å²) in [7, 11) is 0. The number of aromatic nitrogens is 1. The highest BCUT2D eigenvalue weighted by atomic mass is 16.3. The molecule has 1 aromatic heterocycles. The third-order valence-electron chi connectivity index (χ3n) is 1.61. The minimum atomic E-state index is 0. The number of para-hydroxylation sites is 1. The van der Waals surface area contributed by atoms with Gasteiger partial charge in [-0.05, 0) is 12.1 Å². The van der Waals surface area contributed by atoms with Gasteiger partial charge in [-0.2, -0.15) is 0 Å². The molecule has 0 fully saturated rings. The van der Waals surface area contributed by atoms with Gasteiger partial charge in [-0.1, -0.05) is 18.2 Å². The number of fused-ring (bicyclic) bond motifs is 1. The van der Waals surface area contributed by atoms with Gasteiger partial charge in [0.1, 0.15) is 11.3 Å². The van der Waals surface area contributed by atoms with E-state index in [9.17, 15) is 5.11 Å². The molecule has 2 aromatic rings. The van der Waals surface area contributed by atoms with Crippen molar-refractivity contribution < 1.29 is 5.11 Å². The van der Waals surface area contributed by atoms with Gasteiger partial charge < -0.3 is 5.11 Å². The number of pyridine rings is 1. The van der Waals surface area contributed by atoms with Crippen LogP contribution in [0.15, 0.2) is 36.5 Å². The zero-order chi connectivity index (χ0) is 7.68. The van der Waals surface area contributed by atoms with Crippen LogP contribution in [0.25, 0.3) is 10.9 Å². The van der Waals surface area contributed by atoms with E-state index in [1.54, 1.807) is 18.3 Å². The Hall–Kier alpha value is -1.51. The monoisotopic (exact) mass is 156 g/mol. The van der Waals surface area contributed by atoms with Crippen molar-refractivity contribution in [1.82, 2.24) is 4.98 Å². The molecule has 0 unspecified atom stereocenters. The topological polar surface area (TPSA) is 33.1 Å². The molecule has 0 atom stereocenters. The van der Waals surface area contributed by atoms with E-state index in [2.05, 4.69) is 4.98 Å². The molecular formula is C9H7BNO. The van der Waals surface area contributed by atoms with E-state index in [1.165, 1.54) is 0 Å². The van der Waals surface area contributed by atoms with Gasteiger partial charge in [-0.25, -0.2) is 0 Å². The van der Waals surface area contributed by atoms with Gasteiger partial charge in [-0.3, -0.25) is 4.98 Å². The van der Waals surface area contributed by atoms with Crippen LogP contribution < -0.4 is 0 Å². The summed E-state index contributed by atoms with van der Waals surface area (Å²) in [6.07, 6.45) is 1.67. The fourth-order valence-corrected chi connectivity index (χ4v) is 1.09. The molecule has 1 heterocycles. The number of benzene rings is 1. The molecule has 3 radical (unpaired) electrons. The first-order valence-electron chi connectivity index (χ1n) is 3.40. The normalized spacial score (nSPS) is 9.33. The smallest absolute Gasteiger partial charge is 0.141 e. The predicted molar refractivity (Wildman–Crippen MR) is 49.2 cm³/mol. The number of phenolic OH excluding ortho intramolecular Hbond substituents is 1. The van der Waals surface area contributed by atoms with Gasteiger partial charge in [0.05, 0.1) is 0 Å². The van der Waals surface area contributed by atoms with E-state index >= 15 is 0 Å². The van der Waals surface area contributed by atoms with Gasteiger partial charge in [0, 0.05) is 20.0 Å². The van der Waals surface area contributed by atoms with Crippen LogP contribution >= 0.6 is 0 Å². The van der Waals surface area contributed by atoms with Crippen molar-refractivity contribution in [1.29, 1.82) is 0 Å². The third kappa shape index (κ3) is 1.26. The number of hydrogen-bond donors (Lipinski definition) is 1. The quantitative estimate of drug-likeness (QED) is 0.587. The molecule has 57 valence electrons. The summed E-state index contributed by atoms with van der Waals surface area (Å²) in [4.78, 5) is 4.03. The maximum atomic E-state index is 9.31. The third-order valence-corrected chi connectivity index (χ3v) is 1.61. The summed E-state index contributed by atoms with van der Waals surface area (Å²) in [5.74, 6) is 0.239. The molecular weight excluding hydrogens is 149 g/mol. The molecule has 1 aromatic carbocycles. The summed E-state index contributed by atoms with van der Waals surface area (Å²) in [6, 6.07) is 9.13. The standard InChI is InChI=1S/C9H7NO.B/c11-8-5-1-3-7-4-2-6-10-9(7)8;/h1-6,11H;. The second-order valence-corrected chi connectivity index (χ2v) is 2.35. The molecule has 0 saturated heterocycles. The van der Waals surface area contributed by atoms with Crippen LogP contribution in [0.1, 0.15) is 0 Å². The van der Waals surface area contributed by atoms with Gasteiger partial charge in [0.15, 0.2) is 0 Å². The van der Waals surface area contributed by atoms with Crippen LogP contribution in [0.2, 0.25) is 0 Å². The zero-order valence-electron chi connectivity index (χ0n) is 6.44. The molecule has 0 aliphatic heterocycles. The molecule has 1 N–H and O–H groups in total. The first-order chi connectivity index (χ1) is 5.38. The second-order valence-electron chi connectivity index (χ2n) is 2.35. The maximum Gasteiger partial charge on any atom is 0.141 e. The van der Waals surface area contributed by atoms with Crippen molar-refractivity contribution in [3.63, 3.8) is 0 Å². The van der Waals surface area contributed by atoms with Crippen molar-refractivity contribution in [2.75, 3.05) is 0 Å². The van der Waals surface area contributed by atoms with E-state index in [4.69, 9.17) is 0 Å². The summed E-state index contributed by atoms with van der Waals surface area (Å²) in [6.45, 7) is 0. The van der Waals surface area contributed by atoms with Gasteiger partial charge in [0.25, 0.3) is 0 Å². The molecule has 12 heavy (non-hydrogen) atoms. The Morgan fingerprint density at radius 1 is 1.08 bits per heavy atom. The van der Waals surface area contributed by atoms with Crippen LogP contribution in [0, 0.1) is 0 Å². The molecule has 0 bridgehead atoms. The highest BCUT2D eigenvalue weighted by molar-refractivity contribution is 5.83. The zero-order valence-corrected chi connectivity index (χ0v) is 6.44. The van der Waals surface area contributed by atoms with Crippen LogP contribution in [0.3, 0.4) is 0 Å². The number of rotatable bonds is 0. The van der Waals surface area contributed by atoms with Gasteiger partial charge in [0.2, 0.25) is 0 Å². The van der Waals surface area contributed by atoms with Gasteiger partial charge in [-0.15, -0.1) is 0 Å². The largest absolute Gasteiger partial charge is 0.506 e. The van der Waals surface area contributed by atoms with Gasteiger partial charge >= 0.3 is 0 Å². The minimum Gasteiger partial charge on any atom is -0.506 e. The van der Waals surface area contributed by atoms with Crippen molar-refractivity contribution in [3.05, 3.63) is 36.5 Å². The Labute approximate surface area is 72.4 Å². The molecule has 0 spiro atoms. The van der Waals surface area contributed by atoms with Crippen LogP contribution in [-0.4, -0.2) is 18.5 Å². The molecule has 2 nitrogen and oxygen atoms in total. The second kappa shape index (κ2) is 3.26. The molecule has 3 heteroatoms. The Kier molecular flexibility index (Phi) is 2.33. The Morgan fingerprint density at radius 3 is 2.58 bits per heavy atom. The summed E-state index contributed by atoms with van der Waals surface area (Å²) in [5.41, 5.74) is 0.662. The van der Waals surface area contributed by atoms with Crippen LogP contribution in [-0.2, 0) is 0 Å². The average molecular weight is 156 g/mol. The molecule has 0 saturated carbocycles. The van der Waals surface area contributed by atoms with Crippen molar-refractivity contribution in [2.45, 2.75) is 0 Å². The lowest BCUT2D eigenvalue weighted by molar-refractivity contribution is 0.480.